The minimum atomic E-state index is -0.0487. The molecule has 1 fully saturated rings. The van der Waals surface area contributed by atoms with E-state index in [0.29, 0.717) is 36.5 Å². The van der Waals surface area contributed by atoms with Gasteiger partial charge in [-0.25, -0.2) is 9.78 Å². The first kappa shape index (κ1) is 22.3. The molecule has 2 aromatic heterocycles. The Hall–Kier alpha value is -2.93. The van der Waals surface area contributed by atoms with Crippen LogP contribution < -0.4 is 0 Å². The number of carbonyl (C=O) groups is 1. The van der Waals surface area contributed by atoms with Gasteiger partial charge in [-0.2, -0.15) is 4.98 Å². The number of rotatable bonds is 5. The largest absolute Gasteiger partial charge is 0.339 e. The molecular weight excluding hydrogens is 426 g/mol. The molecule has 0 aliphatic carbocycles. The van der Waals surface area contributed by atoms with Gasteiger partial charge in [0.15, 0.2) is 0 Å². The van der Waals surface area contributed by atoms with Crippen LogP contribution in [-0.4, -0.2) is 57.6 Å². The Morgan fingerprint density at radius 1 is 1.19 bits per heavy atom. The molecule has 0 N–H and O–H groups in total. The lowest BCUT2D eigenvalue weighted by atomic mass is 9.84. The molecule has 1 aliphatic rings. The second-order valence-electron chi connectivity index (χ2n) is 8.25. The maximum atomic E-state index is 13.0. The summed E-state index contributed by atoms with van der Waals surface area (Å²) in [6.07, 6.45) is 3.46. The lowest BCUT2D eigenvalue weighted by molar-refractivity contribution is 0.136. The molecule has 1 aromatic carbocycles. The molecular formula is C24H28ClN5O2. The number of likely N-dealkylation sites (tertiary alicyclic amines) is 1. The molecule has 4 rings (SSSR count). The van der Waals surface area contributed by atoms with Gasteiger partial charge in [0, 0.05) is 44.4 Å². The van der Waals surface area contributed by atoms with Crippen molar-refractivity contribution in [1.29, 1.82) is 0 Å². The van der Waals surface area contributed by atoms with E-state index in [4.69, 9.17) is 16.1 Å². The molecule has 32 heavy (non-hydrogen) atoms. The summed E-state index contributed by atoms with van der Waals surface area (Å²) in [5.41, 5.74) is 3.28. The third-order valence-corrected chi connectivity index (χ3v) is 6.36. The fourth-order valence-electron chi connectivity index (χ4n) is 4.14. The van der Waals surface area contributed by atoms with Crippen molar-refractivity contribution >= 4 is 17.6 Å². The highest BCUT2D eigenvalue weighted by atomic mass is 35.5. The van der Waals surface area contributed by atoms with Crippen molar-refractivity contribution < 1.29 is 9.32 Å². The summed E-state index contributed by atoms with van der Waals surface area (Å²) >= 11 is 6.01. The zero-order chi connectivity index (χ0) is 22.7. The molecule has 7 nitrogen and oxygen atoms in total. The van der Waals surface area contributed by atoms with E-state index in [1.807, 2.05) is 18.9 Å². The zero-order valence-corrected chi connectivity index (χ0v) is 19.4. The monoisotopic (exact) mass is 453 g/mol. The first-order valence-corrected chi connectivity index (χ1v) is 11.4. The van der Waals surface area contributed by atoms with Gasteiger partial charge in [-0.3, -0.25) is 0 Å². The molecule has 2 amide bonds. The van der Waals surface area contributed by atoms with E-state index < -0.39 is 0 Å². The van der Waals surface area contributed by atoms with Crippen molar-refractivity contribution in [1.82, 2.24) is 24.9 Å². The van der Waals surface area contributed by atoms with Crippen molar-refractivity contribution in [2.45, 2.75) is 38.5 Å². The molecule has 0 radical (unpaired) electrons. The Morgan fingerprint density at radius 2 is 1.94 bits per heavy atom. The van der Waals surface area contributed by atoms with Crippen molar-refractivity contribution in [2.75, 3.05) is 26.7 Å². The normalized spacial score (nSPS) is 18.6. The number of amides is 2. The Morgan fingerprint density at radius 3 is 2.62 bits per heavy atom. The van der Waals surface area contributed by atoms with Gasteiger partial charge in [0.2, 0.25) is 11.7 Å². The van der Waals surface area contributed by atoms with Crippen LogP contribution in [-0.2, 0) is 6.42 Å². The number of aryl methyl sites for hydroxylation is 1. The SMILES string of the molecule is CCc1ccc(C2CC(c3nc(-c4ccnc(Cl)c4)no3)CN(C(=O)N(C)CC)C2)cc1. The number of aromatic nitrogens is 3. The maximum Gasteiger partial charge on any atom is 0.319 e. The summed E-state index contributed by atoms with van der Waals surface area (Å²) in [5, 5.41) is 4.53. The number of hydrogen-bond acceptors (Lipinski definition) is 5. The van der Waals surface area contributed by atoms with Crippen molar-refractivity contribution in [3.8, 4) is 11.4 Å². The van der Waals surface area contributed by atoms with Gasteiger partial charge in [0.25, 0.3) is 0 Å². The number of urea groups is 1. The maximum absolute atomic E-state index is 13.0. The quantitative estimate of drug-likeness (QED) is 0.508. The second-order valence-corrected chi connectivity index (χ2v) is 8.64. The Bertz CT molecular complexity index is 1070. The summed E-state index contributed by atoms with van der Waals surface area (Å²) in [6.45, 7) is 6.00. The summed E-state index contributed by atoms with van der Waals surface area (Å²) in [7, 11) is 1.83. The molecule has 2 unspecified atom stereocenters. The van der Waals surface area contributed by atoms with E-state index in [1.54, 1.807) is 23.2 Å². The van der Waals surface area contributed by atoms with Crippen LogP contribution in [0.2, 0.25) is 5.15 Å². The number of piperidine rings is 1. The number of hydrogen-bond donors (Lipinski definition) is 0. The van der Waals surface area contributed by atoms with Crippen LogP contribution in [0.1, 0.15) is 49.1 Å². The predicted molar refractivity (Wildman–Crippen MR) is 124 cm³/mol. The van der Waals surface area contributed by atoms with Crippen molar-refractivity contribution in [3.05, 3.63) is 64.8 Å². The highest BCUT2D eigenvalue weighted by Crippen LogP contribution is 2.36. The molecule has 3 heterocycles. The van der Waals surface area contributed by atoms with Crippen molar-refractivity contribution in [3.63, 3.8) is 0 Å². The van der Waals surface area contributed by atoms with Crippen LogP contribution in [0.3, 0.4) is 0 Å². The number of nitrogens with zero attached hydrogens (tertiary/aromatic N) is 5. The third kappa shape index (κ3) is 4.78. The third-order valence-electron chi connectivity index (χ3n) is 6.16. The second kappa shape index (κ2) is 9.69. The zero-order valence-electron chi connectivity index (χ0n) is 18.7. The molecule has 2 atom stereocenters. The van der Waals surface area contributed by atoms with Gasteiger partial charge in [-0.05, 0) is 43.0 Å². The van der Waals surface area contributed by atoms with E-state index >= 15 is 0 Å². The predicted octanol–water partition coefficient (Wildman–Crippen LogP) is 4.99. The standard InChI is InChI=1S/C24H28ClN5O2/c1-4-16-6-8-17(9-7-16)19-12-20(15-30(14-19)24(31)29(3)5-2)23-27-22(28-32-23)18-10-11-26-21(25)13-18/h6-11,13,19-20H,4-5,12,14-15H2,1-3H3. The molecule has 0 saturated carbocycles. The summed E-state index contributed by atoms with van der Waals surface area (Å²) < 4.78 is 5.66. The Labute approximate surface area is 193 Å². The van der Waals surface area contributed by atoms with Crippen LogP contribution in [0.5, 0.6) is 0 Å². The number of pyridine rings is 1. The van der Waals surface area contributed by atoms with E-state index in [9.17, 15) is 4.79 Å². The van der Waals surface area contributed by atoms with E-state index in [0.717, 1.165) is 18.4 Å². The van der Waals surface area contributed by atoms with Gasteiger partial charge in [-0.1, -0.05) is 47.9 Å². The molecule has 0 spiro atoms. The van der Waals surface area contributed by atoms with Gasteiger partial charge in [0.05, 0.1) is 5.92 Å². The lowest BCUT2D eigenvalue weighted by Crippen LogP contribution is -2.47. The highest BCUT2D eigenvalue weighted by molar-refractivity contribution is 6.29. The van der Waals surface area contributed by atoms with Gasteiger partial charge >= 0.3 is 6.03 Å². The molecule has 168 valence electrons. The highest BCUT2D eigenvalue weighted by Gasteiger charge is 2.35. The average Bonchev–Trinajstić information content (AvgIpc) is 3.33. The minimum Gasteiger partial charge on any atom is -0.339 e. The van der Waals surface area contributed by atoms with Gasteiger partial charge in [0.1, 0.15) is 5.15 Å². The number of halogens is 1. The summed E-state index contributed by atoms with van der Waals surface area (Å²) in [5.74, 6) is 1.16. The number of carbonyl (C=O) groups excluding carboxylic acids is 1. The average molecular weight is 454 g/mol. The van der Waals surface area contributed by atoms with Crippen LogP contribution in [0.4, 0.5) is 4.79 Å². The topological polar surface area (TPSA) is 75.4 Å². The van der Waals surface area contributed by atoms with Gasteiger partial charge < -0.3 is 14.3 Å². The van der Waals surface area contributed by atoms with Crippen molar-refractivity contribution in [2.24, 2.45) is 0 Å². The molecule has 3 aromatic rings. The minimum absolute atomic E-state index is 0.0213. The molecule has 8 heteroatoms. The number of benzene rings is 1. The Balaban J connectivity index is 1.62. The first-order chi connectivity index (χ1) is 15.5. The summed E-state index contributed by atoms with van der Waals surface area (Å²) in [6, 6.07) is 12.2. The fourth-order valence-corrected chi connectivity index (χ4v) is 4.31. The lowest BCUT2D eigenvalue weighted by Gasteiger charge is -2.38. The van der Waals surface area contributed by atoms with E-state index in [2.05, 4.69) is 46.3 Å². The smallest absolute Gasteiger partial charge is 0.319 e. The van der Waals surface area contributed by atoms with Crippen LogP contribution in [0, 0.1) is 0 Å². The fraction of sp³-hybridized carbons (Fsp3) is 0.417. The molecule has 1 saturated heterocycles. The Kier molecular flexibility index (Phi) is 6.74. The molecule has 1 aliphatic heterocycles. The van der Waals surface area contributed by atoms with E-state index in [1.165, 1.54) is 11.1 Å². The van der Waals surface area contributed by atoms with E-state index in [-0.39, 0.29) is 17.9 Å². The van der Waals surface area contributed by atoms with Gasteiger partial charge in [-0.15, -0.1) is 0 Å². The molecule has 0 bridgehead atoms. The van der Waals surface area contributed by atoms with Crippen LogP contribution >= 0.6 is 11.6 Å². The summed E-state index contributed by atoms with van der Waals surface area (Å²) in [4.78, 5) is 25.3. The van der Waals surface area contributed by atoms with Crippen LogP contribution in [0.25, 0.3) is 11.4 Å². The van der Waals surface area contributed by atoms with Crippen LogP contribution in [0.15, 0.2) is 47.1 Å². The first-order valence-electron chi connectivity index (χ1n) is 11.0.